The van der Waals surface area contributed by atoms with Gasteiger partial charge >= 0.3 is 0 Å². The molecule has 0 aromatic heterocycles. The van der Waals surface area contributed by atoms with Gasteiger partial charge in [-0.05, 0) is 53.1 Å². The fourth-order valence-corrected chi connectivity index (χ4v) is 2.61. The lowest BCUT2D eigenvalue weighted by Crippen LogP contribution is -2.24. The molecular weight excluding hydrogens is 369 g/mol. The molecule has 0 saturated heterocycles. The van der Waals surface area contributed by atoms with E-state index in [4.69, 9.17) is 4.74 Å². The van der Waals surface area contributed by atoms with Crippen molar-refractivity contribution in [3.63, 3.8) is 0 Å². The lowest BCUT2D eigenvalue weighted by Gasteiger charge is -2.07. The molecule has 0 radical (unpaired) electrons. The minimum atomic E-state index is -0.924. The van der Waals surface area contributed by atoms with E-state index in [2.05, 4.69) is 10.5 Å². The van der Waals surface area contributed by atoms with Gasteiger partial charge in [-0.2, -0.15) is 10.4 Å². The van der Waals surface area contributed by atoms with Gasteiger partial charge in [0.25, 0.3) is 5.91 Å². The number of hydrogen-bond acceptors (Lipinski definition) is 4. The maximum absolute atomic E-state index is 13.2. The molecular formula is C23H18FN3O2. The molecule has 0 aliphatic heterocycles. The number of nitrogens with zero attached hydrogens (tertiary/aromatic N) is 2. The van der Waals surface area contributed by atoms with Crippen molar-refractivity contribution in [2.24, 2.45) is 5.10 Å². The van der Waals surface area contributed by atoms with Gasteiger partial charge in [-0.25, -0.2) is 9.82 Å². The third kappa shape index (κ3) is 5.75. The van der Waals surface area contributed by atoms with Gasteiger partial charge in [-0.15, -0.1) is 0 Å². The van der Waals surface area contributed by atoms with Crippen molar-refractivity contribution < 1.29 is 13.9 Å². The molecule has 0 bridgehead atoms. The van der Waals surface area contributed by atoms with E-state index < -0.39 is 11.8 Å². The van der Waals surface area contributed by atoms with Crippen LogP contribution in [0.4, 0.5) is 4.39 Å². The number of ether oxygens (including phenoxy) is 1. The summed E-state index contributed by atoms with van der Waals surface area (Å²) < 4.78 is 18.8. The lowest BCUT2D eigenvalue weighted by atomic mass is 10.0. The van der Waals surface area contributed by atoms with Crippen LogP contribution in [-0.2, 0) is 11.4 Å². The number of carbonyl (C=O) groups is 1. The molecule has 0 aliphatic rings. The summed E-state index contributed by atoms with van der Waals surface area (Å²) in [5.74, 6) is -1.09. The number of hydrazone groups is 1. The maximum Gasteiger partial charge on any atom is 0.261 e. The van der Waals surface area contributed by atoms with E-state index >= 15 is 0 Å². The van der Waals surface area contributed by atoms with E-state index in [0.717, 1.165) is 11.1 Å². The summed E-state index contributed by atoms with van der Waals surface area (Å²) in [4.78, 5) is 12.2. The molecule has 29 heavy (non-hydrogen) atoms. The van der Waals surface area contributed by atoms with E-state index in [0.29, 0.717) is 11.3 Å². The molecule has 3 aromatic rings. The monoisotopic (exact) mass is 387 g/mol. The zero-order valence-corrected chi connectivity index (χ0v) is 15.5. The Morgan fingerprint density at radius 2 is 1.86 bits per heavy atom. The standard InChI is InChI=1S/C23H18FN3O2/c24-20-8-4-5-18(13-20)16-29-21-11-9-17(10-12-21)15-26-27-23(28)22(14-25)19-6-2-1-3-7-19/h1-13,15,22H,16H2,(H,27,28)/b26-15-/t22-/m1/s1. The van der Waals surface area contributed by atoms with Gasteiger partial charge in [0.05, 0.1) is 12.3 Å². The van der Waals surface area contributed by atoms with Gasteiger partial charge in [0.15, 0.2) is 5.92 Å². The molecule has 1 N–H and O–H groups in total. The Balaban J connectivity index is 1.53. The molecule has 0 unspecified atom stereocenters. The Labute approximate surface area is 168 Å². The van der Waals surface area contributed by atoms with Crippen molar-refractivity contribution in [3.05, 3.63) is 101 Å². The minimum absolute atomic E-state index is 0.260. The lowest BCUT2D eigenvalue weighted by molar-refractivity contribution is -0.121. The number of nitriles is 1. The molecule has 3 aromatic carbocycles. The molecule has 0 fully saturated rings. The van der Waals surface area contributed by atoms with Gasteiger partial charge < -0.3 is 4.74 Å². The normalized spacial score (nSPS) is 11.6. The molecule has 144 valence electrons. The zero-order chi connectivity index (χ0) is 20.5. The van der Waals surface area contributed by atoms with Crippen LogP contribution in [0, 0.1) is 17.1 Å². The first-order valence-electron chi connectivity index (χ1n) is 8.90. The van der Waals surface area contributed by atoms with E-state index in [-0.39, 0.29) is 12.4 Å². The van der Waals surface area contributed by atoms with Crippen molar-refractivity contribution in [3.8, 4) is 11.8 Å². The maximum atomic E-state index is 13.2. The van der Waals surface area contributed by atoms with Crippen molar-refractivity contribution in [1.29, 1.82) is 5.26 Å². The third-order valence-electron chi connectivity index (χ3n) is 4.09. The number of halogens is 1. The summed E-state index contributed by atoms with van der Waals surface area (Å²) in [6, 6.07) is 24.1. The molecule has 1 amide bonds. The van der Waals surface area contributed by atoms with Crippen LogP contribution in [0.15, 0.2) is 84.0 Å². The predicted octanol–water partition coefficient (Wildman–Crippen LogP) is 4.16. The first-order chi connectivity index (χ1) is 14.2. The number of nitrogens with one attached hydrogen (secondary N) is 1. The van der Waals surface area contributed by atoms with Crippen LogP contribution >= 0.6 is 0 Å². The van der Waals surface area contributed by atoms with Crippen molar-refractivity contribution in [1.82, 2.24) is 5.43 Å². The number of hydrogen-bond donors (Lipinski definition) is 1. The highest BCUT2D eigenvalue weighted by Gasteiger charge is 2.19. The Hall–Kier alpha value is -3.98. The molecule has 1 atom stereocenters. The summed E-state index contributed by atoms with van der Waals surface area (Å²) in [6.45, 7) is 0.260. The SMILES string of the molecule is N#C[C@@H](C(=O)N/N=C\c1ccc(OCc2cccc(F)c2)cc1)c1ccccc1. The van der Waals surface area contributed by atoms with Gasteiger partial charge in [0.2, 0.25) is 0 Å². The van der Waals surface area contributed by atoms with Gasteiger partial charge in [-0.3, -0.25) is 4.79 Å². The van der Waals surface area contributed by atoms with Crippen molar-refractivity contribution in [2.75, 3.05) is 0 Å². The van der Waals surface area contributed by atoms with Crippen LogP contribution in [-0.4, -0.2) is 12.1 Å². The summed E-state index contributed by atoms with van der Waals surface area (Å²) in [5.41, 5.74) is 4.49. The van der Waals surface area contributed by atoms with E-state index in [9.17, 15) is 14.4 Å². The fourth-order valence-electron chi connectivity index (χ4n) is 2.61. The molecule has 6 heteroatoms. The van der Waals surface area contributed by atoms with Gasteiger partial charge in [0, 0.05) is 0 Å². The Bertz CT molecular complexity index is 1030. The van der Waals surface area contributed by atoms with Crippen LogP contribution in [0.5, 0.6) is 5.75 Å². The molecule has 0 heterocycles. The largest absolute Gasteiger partial charge is 0.489 e. The number of carbonyl (C=O) groups excluding carboxylic acids is 1. The average Bonchev–Trinajstić information content (AvgIpc) is 2.74. The quantitative estimate of drug-likeness (QED) is 0.489. The summed E-state index contributed by atoms with van der Waals surface area (Å²) in [6.07, 6.45) is 1.48. The summed E-state index contributed by atoms with van der Waals surface area (Å²) in [7, 11) is 0. The smallest absolute Gasteiger partial charge is 0.261 e. The highest BCUT2D eigenvalue weighted by atomic mass is 19.1. The van der Waals surface area contributed by atoms with E-state index in [1.807, 2.05) is 12.1 Å². The molecule has 0 spiro atoms. The van der Waals surface area contributed by atoms with Crippen LogP contribution in [0.25, 0.3) is 0 Å². The summed E-state index contributed by atoms with van der Waals surface area (Å²) in [5, 5.41) is 13.2. The Morgan fingerprint density at radius 1 is 1.10 bits per heavy atom. The third-order valence-corrected chi connectivity index (χ3v) is 4.09. The number of rotatable bonds is 7. The van der Waals surface area contributed by atoms with Gasteiger partial charge in [0.1, 0.15) is 18.2 Å². The number of benzene rings is 3. The van der Waals surface area contributed by atoms with Crippen LogP contribution in [0.3, 0.4) is 0 Å². The average molecular weight is 387 g/mol. The minimum Gasteiger partial charge on any atom is -0.489 e. The molecule has 5 nitrogen and oxygen atoms in total. The van der Waals surface area contributed by atoms with Gasteiger partial charge in [-0.1, -0.05) is 42.5 Å². The summed E-state index contributed by atoms with van der Waals surface area (Å²) >= 11 is 0. The second-order valence-corrected chi connectivity index (χ2v) is 6.19. The van der Waals surface area contributed by atoms with E-state index in [1.54, 1.807) is 60.7 Å². The molecule has 0 aliphatic carbocycles. The van der Waals surface area contributed by atoms with Crippen LogP contribution in [0.1, 0.15) is 22.6 Å². The van der Waals surface area contributed by atoms with Crippen LogP contribution in [0.2, 0.25) is 0 Å². The first kappa shape index (κ1) is 19.8. The van der Waals surface area contributed by atoms with Crippen LogP contribution < -0.4 is 10.2 Å². The Kier molecular flexibility index (Phi) is 6.69. The second kappa shape index (κ2) is 9.81. The fraction of sp³-hybridized carbons (Fsp3) is 0.0870. The first-order valence-corrected chi connectivity index (χ1v) is 8.90. The number of amides is 1. The van der Waals surface area contributed by atoms with Crippen molar-refractivity contribution in [2.45, 2.75) is 12.5 Å². The Morgan fingerprint density at radius 3 is 2.55 bits per heavy atom. The van der Waals surface area contributed by atoms with E-state index in [1.165, 1.54) is 18.3 Å². The van der Waals surface area contributed by atoms with Crippen molar-refractivity contribution >= 4 is 12.1 Å². The highest BCUT2D eigenvalue weighted by molar-refractivity contribution is 5.88. The second-order valence-electron chi connectivity index (χ2n) is 6.19. The zero-order valence-electron chi connectivity index (χ0n) is 15.5. The predicted molar refractivity (Wildman–Crippen MR) is 108 cm³/mol. The highest BCUT2D eigenvalue weighted by Crippen LogP contribution is 2.15. The topological polar surface area (TPSA) is 74.5 Å². The molecule has 3 rings (SSSR count). The molecule has 0 saturated carbocycles.